The van der Waals surface area contributed by atoms with Gasteiger partial charge in [-0.1, -0.05) is 6.07 Å². The first kappa shape index (κ1) is 13.2. The van der Waals surface area contributed by atoms with Crippen molar-refractivity contribution in [1.29, 1.82) is 5.41 Å². The lowest BCUT2D eigenvalue weighted by Gasteiger charge is -2.02. The zero-order chi connectivity index (χ0) is 12.0. The Balaban J connectivity index is 0.000000423. The van der Waals surface area contributed by atoms with Crippen LogP contribution in [0.15, 0.2) is 18.2 Å². The number of carbonyl (C=O) groups is 1. The van der Waals surface area contributed by atoms with Gasteiger partial charge in [0.25, 0.3) is 0 Å². The second kappa shape index (κ2) is 5.80. The average Bonchev–Trinajstić information content (AvgIpc) is 2.01. The molecular weight excluding hydrogens is 192 g/mol. The molecule has 0 unspecified atom stereocenters. The van der Waals surface area contributed by atoms with Crippen LogP contribution in [0.25, 0.3) is 0 Å². The van der Waals surface area contributed by atoms with Crippen LogP contribution in [0.1, 0.15) is 25.0 Å². The molecule has 1 rings (SSSR count). The number of phenolic OH excluding ortho intramolecular Hbond substituents is 1. The van der Waals surface area contributed by atoms with Crippen molar-refractivity contribution in [3.8, 4) is 5.75 Å². The SMILES string of the molecule is CC(=N)c1ccc(C)cc1O.CC(N)=O. The number of benzene rings is 1. The Kier molecular flexibility index (Phi) is 5.09. The van der Waals surface area contributed by atoms with Crippen LogP contribution in [-0.2, 0) is 4.79 Å². The van der Waals surface area contributed by atoms with E-state index in [1.54, 1.807) is 19.1 Å². The van der Waals surface area contributed by atoms with E-state index in [0.29, 0.717) is 11.3 Å². The van der Waals surface area contributed by atoms with Crippen molar-refractivity contribution in [1.82, 2.24) is 0 Å². The zero-order valence-electron chi connectivity index (χ0n) is 9.16. The van der Waals surface area contributed by atoms with Gasteiger partial charge in [-0.2, -0.15) is 0 Å². The number of rotatable bonds is 1. The zero-order valence-corrected chi connectivity index (χ0v) is 9.16. The Morgan fingerprint density at radius 3 is 2.20 bits per heavy atom. The third-order valence-corrected chi connectivity index (χ3v) is 1.56. The molecule has 0 fully saturated rings. The molecule has 15 heavy (non-hydrogen) atoms. The number of hydrogen-bond donors (Lipinski definition) is 3. The van der Waals surface area contributed by atoms with Crippen molar-refractivity contribution in [3.63, 3.8) is 0 Å². The molecule has 82 valence electrons. The molecule has 0 spiro atoms. The van der Waals surface area contributed by atoms with Crippen LogP contribution in [0.4, 0.5) is 0 Å². The monoisotopic (exact) mass is 208 g/mol. The first-order valence-corrected chi connectivity index (χ1v) is 4.45. The summed E-state index contributed by atoms with van der Waals surface area (Å²) in [4.78, 5) is 9.22. The summed E-state index contributed by atoms with van der Waals surface area (Å²) in [5.74, 6) is -0.141. The van der Waals surface area contributed by atoms with E-state index >= 15 is 0 Å². The molecule has 4 heteroatoms. The molecule has 0 aromatic heterocycles. The Hall–Kier alpha value is -1.84. The Morgan fingerprint density at radius 2 is 1.87 bits per heavy atom. The van der Waals surface area contributed by atoms with Gasteiger partial charge in [0.2, 0.25) is 5.91 Å². The molecule has 0 radical (unpaired) electrons. The maximum atomic E-state index is 9.32. The van der Waals surface area contributed by atoms with E-state index in [1.807, 2.05) is 13.0 Å². The van der Waals surface area contributed by atoms with E-state index in [2.05, 4.69) is 5.73 Å². The maximum Gasteiger partial charge on any atom is 0.214 e. The number of nitrogens with two attached hydrogens (primary N) is 1. The van der Waals surface area contributed by atoms with Gasteiger partial charge in [0, 0.05) is 18.2 Å². The van der Waals surface area contributed by atoms with Crippen molar-refractivity contribution >= 4 is 11.6 Å². The molecular formula is C11H16N2O2. The number of phenols is 1. The maximum absolute atomic E-state index is 9.32. The minimum atomic E-state index is -0.333. The van der Waals surface area contributed by atoms with E-state index in [9.17, 15) is 9.90 Å². The van der Waals surface area contributed by atoms with Crippen LogP contribution in [0.5, 0.6) is 5.75 Å². The van der Waals surface area contributed by atoms with E-state index in [-0.39, 0.29) is 11.7 Å². The van der Waals surface area contributed by atoms with Crippen LogP contribution >= 0.6 is 0 Å². The van der Waals surface area contributed by atoms with Gasteiger partial charge < -0.3 is 16.2 Å². The molecule has 0 saturated carbocycles. The summed E-state index contributed by atoms with van der Waals surface area (Å²) >= 11 is 0. The second-order valence-electron chi connectivity index (χ2n) is 3.26. The van der Waals surface area contributed by atoms with E-state index in [4.69, 9.17) is 5.41 Å². The van der Waals surface area contributed by atoms with E-state index in [1.165, 1.54) is 6.92 Å². The van der Waals surface area contributed by atoms with Gasteiger partial charge in [0.05, 0.1) is 0 Å². The molecule has 0 aliphatic rings. The molecule has 4 nitrogen and oxygen atoms in total. The van der Waals surface area contributed by atoms with Gasteiger partial charge in [0.1, 0.15) is 5.75 Å². The largest absolute Gasteiger partial charge is 0.507 e. The van der Waals surface area contributed by atoms with Gasteiger partial charge in [-0.15, -0.1) is 0 Å². The Bertz CT molecular complexity index is 369. The van der Waals surface area contributed by atoms with E-state index < -0.39 is 0 Å². The fraction of sp³-hybridized carbons (Fsp3) is 0.273. The normalized spacial score (nSPS) is 8.73. The summed E-state index contributed by atoms with van der Waals surface area (Å²) in [6.45, 7) is 4.87. The number of aryl methyl sites for hydroxylation is 1. The molecule has 0 aliphatic carbocycles. The molecule has 0 saturated heterocycles. The van der Waals surface area contributed by atoms with Crippen molar-refractivity contribution in [2.75, 3.05) is 0 Å². The summed E-state index contributed by atoms with van der Waals surface area (Å²) in [6.07, 6.45) is 0. The second-order valence-corrected chi connectivity index (χ2v) is 3.26. The summed E-state index contributed by atoms with van der Waals surface area (Å²) in [5.41, 5.74) is 6.48. The van der Waals surface area contributed by atoms with Crippen LogP contribution in [0.3, 0.4) is 0 Å². The number of carbonyl (C=O) groups excluding carboxylic acids is 1. The lowest BCUT2D eigenvalue weighted by molar-refractivity contribution is -0.115. The predicted octanol–water partition coefficient (Wildman–Crippen LogP) is 1.58. The standard InChI is InChI=1S/C9H11NO.C2H5NO/c1-6-3-4-8(7(2)10)9(11)5-6;1-2(3)4/h3-5,10-11H,1-2H3;1H3,(H2,3,4). The van der Waals surface area contributed by atoms with Crippen LogP contribution < -0.4 is 5.73 Å². The topological polar surface area (TPSA) is 87.2 Å². The van der Waals surface area contributed by atoms with Crippen LogP contribution in [0, 0.1) is 12.3 Å². The Morgan fingerprint density at radius 1 is 1.40 bits per heavy atom. The summed E-state index contributed by atoms with van der Waals surface area (Å²) in [7, 11) is 0. The van der Waals surface area contributed by atoms with Gasteiger partial charge in [-0.3, -0.25) is 4.79 Å². The fourth-order valence-electron chi connectivity index (χ4n) is 0.959. The van der Waals surface area contributed by atoms with Gasteiger partial charge in [0.15, 0.2) is 0 Å². The third-order valence-electron chi connectivity index (χ3n) is 1.56. The first-order chi connectivity index (χ1) is 6.84. The molecule has 1 amide bonds. The lowest BCUT2D eigenvalue weighted by atomic mass is 10.1. The molecule has 0 aliphatic heterocycles. The lowest BCUT2D eigenvalue weighted by Crippen LogP contribution is -2.01. The molecule has 1 aromatic rings. The quantitative estimate of drug-likeness (QED) is 0.612. The van der Waals surface area contributed by atoms with Crippen molar-refractivity contribution in [2.45, 2.75) is 20.8 Å². The predicted molar refractivity (Wildman–Crippen MR) is 60.2 cm³/mol. The first-order valence-electron chi connectivity index (χ1n) is 4.45. The van der Waals surface area contributed by atoms with Crippen molar-refractivity contribution < 1.29 is 9.90 Å². The highest BCUT2D eigenvalue weighted by Gasteiger charge is 2.01. The highest BCUT2D eigenvalue weighted by atomic mass is 16.3. The number of primary amides is 1. The van der Waals surface area contributed by atoms with Gasteiger partial charge in [-0.25, -0.2) is 0 Å². The van der Waals surface area contributed by atoms with Crippen LogP contribution in [0.2, 0.25) is 0 Å². The number of aromatic hydroxyl groups is 1. The highest BCUT2D eigenvalue weighted by Crippen LogP contribution is 2.18. The summed E-state index contributed by atoms with van der Waals surface area (Å²) < 4.78 is 0. The van der Waals surface area contributed by atoms with Gasteiger partial charge >= 0.3 is 0 Å². The molecule has 0 bridgehead atoms. The molecule has 0 atom stereocenters. The number of hydrogen-bond acceptors (Lipinski definition) is 3. The number of nitrogens with one attached hydrogen (secondary N) is 1. The molecule has 1 aromatic carbocycles. The fourth-order valence-corrected chi connectivity index (χ4v) is 0.959. The minimum Gasteiger partial charge on any atom is -0.507 e. The van der Waals surface area contributed by atoms with Gasteiger partial charge in [-0.05, 0) is 31.5 Å². The van der Waals surface area contributed by atoms with Crippen LogP contribution in [-0.4, -0.2) is 16.7 Å². The summed E-state index contributed by atoms with van der Waals surface area (Å²) in [5, 5.41) is 16.6. The minimum absolute atomic E-state index is 0.192. The summed E-state index contributed by atoms with van der Waals surface area (Å²) in [6, 6.07) is 5.30. The smallest absolute Gasteiger partial charge is 0.214 e. The third kappa shape index (κ3) is 5.46. The van der Waals surface area contributed by atoms with Crippen molar-refractivity contribution in [2.24, 2.45) is 5.73 Å². The number of amides is 1. The Labute approximate surface area is 89.2 Å². The van der Waals surface area contributed by atoms with E-state index in [0.717, 1.165) is 5.56 Å². The molecule has 0 heterocycles. The molecule has 4 N–H and O–H groups in total. The average molecular weight is 208 g/mol. The highest BCUT2D eigenvalue weighted by molar-refractivity contribution is 5.98. The van der Waals surface area contributed by atoms with Crippen molar-refractivity contribution in [3.05, 3.63) is 29.3 Å².